The monoisotopic (exact) mass is 191 g/mol. The van der Waals surface area contributed by atoms with E-state index >= 15 is 0 Å². The molecule has 0 radical (unpaired) electrons. The molecule has 0 unspecified atom stereocenters. The fourth-order valence-corrected chi connectivity index (χ4v) is 1.15. The first-order valence-electron chi connectivity index (χ1n) is 4.29. The molecule has 2 aromatic heterocycles. The second-order valence-corrected chi connectivity index (χ2v) is 2.85. The first-order valence-corrected chi connectivity index (χ1v) is 4.29. The maximum atomic E-state index is 10.7. The van der Waals surface area contributed by atoms with Gasteiger partial charge in [0, 0.05) is 12.4 Å². The Morgan fingerprint density at radius 1 is 1.50 bits per heavy atom. The van der Waals surface area contributed by atoms with E-state index in [2.05, 4.69) is 15.2 Å². The van der Waals surface area contributed by atoms with Crippen molar-refractivity contribution in [2.75, 3.05) is 0 Å². The number of aromatic nitrogens is 3. The van der Waals surface area contributed by atoms with Crippen LogP contribution in [0.5, 0.6) is 0 Å². The van der Waals surface area contributed by atoms with E-state index in [1.165, 1.54) is 0 Å². The summed E-state index contributed by atoms with van der Waals surface area (Å²) in [6.45, 7) is 2.03. The van der Waals surface area contributed by atoms with Crippen molar-refractivity contribution in [2.24, 2.45) is 0 Å². The second kappa shape index (κ2) is 3.45. The van der Waals surface area contributed by atoms with Crippen LogP contribution >= 0.6 is 0 Å². The SMILES string of the molecule is CCc1cncc(-c2n[nH]c(=O)o2)c1. The Morgan fingerprint density at radius 2 is 2.36 bits per heavy atom. The average molecular weight is 191 g/mol. The third-order valence-electron chi connectivity index (χ3n) is 1.89. The minimum absolute atomic E-state index is 0.276. The molecule has 72 valence electrons. The van der Waals surface area contributed by atoms with Gasteiger partial charge in [-0.3, -0.25) is 4.98 Å². The van der Waals surface area contributed by atoms with E-state index < -0.39 is 5.76 Å². The molecule has 2 rings (SSSR count). The van der Waals surface area contributed by atoms with E-state index in [1.54, 1.807) is 12.4 Å². The molecule has 0 saturated carbocycles. The van der Waals surface area contributed by atoms with Gasteiger partial charge in [0.1, 0.15) is 0 Å². The van der Waals surface area contributed by atoms with Gasteiger partial charge in [0.15, 0.2) is 0 Å². The Hall–Kier alpha value is -1.91. The van der Waals surface area contributed by atoms with Crippen molar-refractivity contribution in [2.45, 2.75) is 13.3 Å². The van der Waals surface area contributed by atoms with Crippen LogP contribution in [-0.4, -0.2) is 15.2 Å². The van der Waals surface area contributed by atoms with Gasteiger partial charge in [0.25, 0.3) is 5.89 Å². The standard InChI is InChI=1S/C9H9N3O2/c1-2-6-3-7(5-10-4-6)8-11-12-9(13)14-8/h3-5H,2H2,1H3,(H,12,13). The second-order valence-electron chi connectivity index (χ2n) is 2.85. The predicted octanol–water partition coefficient (Wildman–Crippen LogP) is 0.987. The Bertz CT molecular complexity index is 487. The number of aryl methyl sites for hydroxylation is 1. The van der Waals surface area contributed by atoms with Crippen molar-refractivity contribution in [1.29, 1.82) is 0 Å². The Labute approximate surface area is 79.8 Å². The lowest BCUT2D eigenvalue weighted by Gasteiger charge is -1.96. The van der Waals surface area contributed by atoms with Gasteiger partial charge in [0.2, 0.25) is 0 Å². The summed E-state index contributed by atoms with van der Waals surface area (Å²) in [6, 6.07) is 1.89. The van der Waals surface area contributed by atoms with Crippen molar-refractivity contribution in [1.82, 2.24) is 15.2 Å². The Morgan fingerprint density at radius 3 is 3.00 bits per heavy atom. The Kier molecular flexibility index (Phi) is 2.14. The highest BCUT2D eigenvalue weighted by Crippen LogP contribution is 2.14. The number of hydrogen-bond acceptors (Lipinski definition) is 4. The molecule has 2 heterocycles. The maximum Gasteiger partial charge on any atom is 0.434 e. The smallest absolute Gasteiger partial charge is 0.388 e. The zero-order valence-electron chi connectivity index (χ0n) is 7.65. The van der Waals surface area contributed by atoms with Crippen molar-refractivity contribution in [3.63, 3.8) is 0 Å². The number of H-pyrrole nitrogens is 1. The molecule has 0 spiro atoms. The molecular weight excluding hydrogens is 182 g/mol. The first-order chi connectivity index (χ1) is 6.79. The minimum Gasteiger partial charge on any atom is -0.388 e. The van der Waals surface area contributed by atoms with Crippen LogP contribution in [0.25, 0.3) is 11.5 Å². The molecule has 0 aromatic carbocycles. The molecule has 2 aromatic rings. The van der Waals surface area contributed by atoms with Gasteiger partial charge in [-0.2, -0.15) is 0 Å². The van der Waals surface area contributed by atoms with Gasteiger partial charge in [-0.05, 0) is 18.1 Å². The highest BCUT2D eigenvalue weighted by atomic mass is 16.4. The van der Waals surface area contributed by atoms with Gasteiger partial charge in [-0.15, -0.1) is 5.10 Å². The lowest BCUT2D eigenvalue weighted by molar-refractivity contribution is 0.526. The van der Waals surface area contributed by atoms with Crippen LogP contribution < -0.4 is 5.76 Å². The molecule has 0 atom stereocenters. The lowest BCUT2D eigenvalue weighted by Crippen LogP contribution is -1.93. The zero-order chi connectivity index (χ0) is 9.97. The molecule has 0 bridgehead atoms. The first kappa shape index (κ1) is 8.68. The summed E-state index contributed by atoms with van der Waals surface area (Å²) >= 11 is 0. The van der Waals surface area contributed by atoms with Crippen LogP contribution in [0.3, 0.4) is 0 Å². The molecule has 0 saturated heterocycles. The number of nitrogens with one attached hydrogen (secondary N) is 1. The van der Waals surface area contributed by atoms with Crippen LogP contribution in [0.1, 0.15) is 12.5 Å². The molecular formula is C9H9N3O2. The van der Waals surface area contributed by atoms with E-state index in [1.807, 2.05) is 13.0 Å². The van der Waals surface area contributed by atoms with Gasteiger partial charge < -0.3 is 4.42 Å². The molecule has 1 N–H and O–H groups in total. The highest BCUT2D eigenvalue weighted by Gasteiger charge is 2.05. The molecule has 0 fully saturated rings. The number of hydrogen-bond donors (Lipinski definition) is 1. The normalized spacial score (nSPS) is 10.4. The number of aromatic amines is 1. The van der Waals surface area contributed by atoms with Crippen molar-refractivity contribution >= 4 is 0 Å². The van der Waals surface area contributed by atoms with E-state index in [9.17, 15) is 4.79 Å². The topological polar surface area (TPSA) is 71.8 Å². The van der Waals surface area contributed by atoms with Gasteiger partial charge in [0.05, 0.1) is 5.56 Å². The third kappa shape index (κ3) is 1.56. The zero-order valence-corrected chi connectivity index (χ0v) is 7.65. The Balaban J connectivity index is 2.46. The average Bonchev–Trinajstić information content (AvgIpc) is 2.65. The van der Waals surface area contributed by atoms with Gasteiger partial charge >= 0.3 is 5.76 Å². The largest absolute Gasteiger partial charge is 0.434 e. The van der Waals surface area contributed by atoms with Crippen LogP contribution in [0.15, 0.2) is 27.7 Å². The third-order valence-corrected chi connectivity index (χ3v) is 1.89. The van der Waals surface area contributed by atoms with Crippen molar-refractivity contribution < 1.29 is 4.42 Å². The maximum absolute atomic E-state index is 10.7. The number of nitrogens with zero attached hydrogens (tertiary/aromatic N) is 2. The molecule has 0 aliphatic heterocycles. The number of pyridine rings is 1. The minimum atomic E-state index is -0.554. The molecule has 14 heavy (non-hydrogen) atoms. The molecule has 5 heteroatoms. The number of rotatable bonds is 2. The van der Waals surface area contributed by atoms with Crippen LogP contribution in [0.2, 0.25) is 0 Å². The summed E-state index contributed by atoms with van der Waals surface area (Å²) in [6.07, 6.45) is 4.27. The van der Waals surface area contributed by atoms with Crippen molar-refractivity contribution in [3.05, 3.63) is 34.6 Å². The van der Waals surface area contributed by atoms with Crippen LogP contribution in [-0.2, 0) is 6.42 Å². The summed E-state index contributed by atoms with van der Waals surface area (Å²) < 4.78 is 4.81. The van der Waals surface area contributed by atoms with Crippen molar-refractivity contribution in [3.8, 4) is 11.5 Å². The molecule has 0 aliphatic carbocycles. The van der Waals surface area contributed by atoms with Crippen LogP contribution in [0, 0.1) is 0 Å². The lowest BCUT2D eigenvalue weighted by atomic mass is 10.2. The molecule has 0 amide bonds. The van der Waals surface area contributed by atoms with E-state index in [-0.39, 0.29) is 5.89 Å². The summed E-state index contributed by atoms with van der Waals surface area (Å²) in [4.78, 5) is 14.7. The van der Waals surface area contributed by atoms with E-state index in [4.69, 9.17) is 4.42 Å². The fraction of sp³-hybridized carbons (Fsp3) is 0.222. The predicted molar refractivity (Wildman–Crippen MR) is 49.7 cm³/mol. The summed E-state index contributed by atoms with van der Waals surface area (Å²) in [7, 11) is 0. The van der Waals surface area contributed by atoms with E-state index in [0.717, 1.165) is 12.0 Å². The summed E-state index contributed by atoms with van der Waals surface area (Å²) in [5.74, 6) is -0.278. The molecule has 5 nitrogen and oxygen atoms in total. The quantitative estimate of drug-likeness (QED) is 0.768. The van der Waals surface area contributed by atoms with E-state index in [0.29, 0.717) is 5.56 Å². The van der Waals surface area contributed by atoms with Gasteiger partial charge in [-0.25, -0.2) is 9.89 Å². The highest BCUT2D eigenvalue weighted by molar-refractivity contribution is 5.51. The van der Waals surface area contributed by atoms with Gasteiger partial charge in [-0.1, -0.05) is 6.92 Å². The van der Waals surface area contributed by atoms with Crippen LogP contribution in [0.4, 0.5) is 0 Å². The summed E-state index contributed by atoms with van der Waals surface area (Å²) in [5, 5.41) is 5.92. The fourth-order valence-electron chi connectivity index (χ4n) is 1.15. The summed E-state index contributed by atoms with van der Waals surface area (Å²) in [5.41, 5.74) is 1.79. The molecule has 0 aliphatic rings.